The van der Waals surface area contributed by atoms with Crippen molar-refractivity contribution in [1.82, 2.24) is 4.90 Å². The second kappa shape index (κ2) is 4.14. The molecule has 0 amide bonds. The van der Waals surface area contributed by atoms with Crippen LogP contribution in [0.3, 0.4) is 0 Å². The molecule has 1 aromatic carbocycles. The Kier molecular flexibility index (Phi) is 3.14. The van der Waals surface area contributed by atoms with Crippen molar-refractivity contribution >= 4 is 6.29 Å². The van der Waals surface area contributed by atoms with E-state index in [-0.39, 0.29) is 5.82 Å². The molecule has 0 saturated carbocycles. The maximum Gasteiger partial charge on any atom is 0.222 e. The summed E-state index contributed by atoms with van der Waals surface area (Å²) in [6.45, 7) is 0. The lowest BCUT2D eigenvalue weighted by atomic mass is 10.1. The highest BCUT2D eigenvalue weighted by atomic mass is 19.1. The molecule has 0 heterocycles. The molecular weight excluding hydrogens is 169 g/mol. The van der Waals surface area contributed by atoms with E-state index in [9.17, 15) is 9.18 Å². The normalized spacial score (nSPS) is 12.9. The van der Waals surface area contributed by atoms with Gasteiger partial charge in [-0.2, -0.15) is 0 Å². The van der Waals surface area contributed by atoms with E-state index in [2.05, 4.69) is 0 Å². The fourth-order valence-corrected chi connectivity index (χ4v) is 1.14. The van der Waals surface area contributed by atoms with Crippen LogP contribution >= 0.6 is 0 Å². The number of hydrogen-bond acceptors (Lipinski definition) is 2. The summed E-state index contributed by atoms with van der Waals surface area (Å²) in [6.07, 6.45) is 1.79. The zero-order valence-corrected chi connectivity index (χ0v) is 7.62. The van der Waals surface area contributed by atoms with Crippen LogP contribution in [0.1, 0.15) is 11.6 Å². The zero-order valence-electron chi connectivity index (χ0n) is 7.62. The fourth-order valence-electron chi connectivity index (χ4n) is 1.14. The Morgan fingerprint density at radius 1 is 1.38 bits per heavy atom. The van der Waals surface area contributed by atoms with Crippen LogP contribution in [0.15, 0.2) is 24.3 Å². The molecule has 3 heteroatoms. The van der Waals surface area contributed by atoms with Crippen molar-refractivity contribution in [2.24, 2.45) is 0 Å². The Morgan fingerprint density at radius 3 is 2.46 bits per heavy atom. The van der Waals surface area contributed by atoms with Gasteiger partial charge in [0, 0.05) is 5.56 Å². The molecule has 2 nitrogen and oxygen atoms in total. The Labute approximate surface area is 77.0 Å². The molecule has 0 bridgehead atoms. The standard InChI is InChI=1S/C10H11FNO/c1-12(2)10(7-13)8-5-3-4-6-9(8)11/h3-6,10H,1-2H3/t10-/m0/s1. The van der Waals surface area contributed by atoms with Gasteiger partial charge in [0.15, 0.2) is 0 Å². The van der Waals surface area contributed by atoms with Gasteiger partial charge in [0.25, 0.3) is 0 Å². The SMILES string of the molecule is CN(C)[C@@H]([C]=O)c1ccccc1F. The first-order valence-corrected chi connectivity index (χ1v) is 3.95. The van der Waals surface area contributed by atoms with Crippen molar-refractivity contribution in [2.45, 2.75) is 6.04 Å². The Hall–Kier alpha value is -1.22. The first-order chi connectivity index (χ1) is 6.16. The molecule has 1 radical (unpaired) electrons. The number of halogens is 1. The van der Waals surface area contributed by atoms with Gasteiger partial charge in [0.05, 0.1) is 0 Å². The number of carbonyl (C=O) groups excluding carboxylic acids is 1. The molecule has 0 spiro atoms. The molecule has 0 aromatic heterocycles. The Bertz CT molecular complexity index is 299. The molecule has 13 heavy (non-hydrogen) atoms. The van der Waals surface area contributed by atoms with Crippen LogP contribution in [0.2, 0.25) is 0 Å². The first kappa shape index (κ1) is 9.86. The highest BCUT2D eigenvalue weighted by Gasteiger charge is 2.16. The summed E-state index contributed by atoms with van der Waals surface area (Å²) in [5.41, 5.74) is 0.363. The number of hydrogen-bond donors (Lipinski definition) is 0. The van der Waals surface area contributed by atoms with E-state index in [1.54, 1.807) is 43.5 Å². The molecule has 1 atom stereocenters. The topological polar surface area (TPSA) is 20.3 Å². The van der Waals surface area contributed by atoms with Crippen molar-refractivity contribution in [1.29, 1.82) is 0 Å². The van der Waals surface area contributed by atoms with Crippen LogP contribution in [0.4, 0.5) is 4.39 Å². The lowest BCUT2D eigenvalue weighted by Crippen LogP contribution is -2.21. The largest absolute Gasteiger partial charge is 0.296 e. The van der Waals surface area contributed by atoms with Gasteiger partial charge in [-0.05, 0) is 20.2 Å². The van der Waals surface area contributed by atoms with Gasteiger partial charge in [-0.25, -0.2) is 4.39 Å². The van der Waals surface area contributed by atoms with Gasteiger partial charge in [0.1, 0.15) is 11.9 Å². The predicted molar refractivity (Wildman–Crippen MR) is 48.5 cm³/mol. The van der Waals surface area contributed by atoms with E-state index >= 15 is 0 Å². The third-order valence-corrected chi connectivity index (χ3v) is 1.83. The summed E-state index contributed by atoms with van der Waals surface area (Å²) >= 11 is 0. The summed E-state index contributed by atoms with van der Waals surface area (Å²) in [5, 5.41) is 0. The number of rotatable bonds is 3. The number of nitrogens with zero attached hydrogens (tertiary/aromatic N) is 1. The van der Waals surface area contributed by atoms with E-state index in [1.165, 1.54) is 6.07 Å². The summed E-state index contributed by atoms with van der Waals surface area (Å²) in [5.74, 6) is -0.371. The second-order valence-electron chi connectivity index (χ2n) is 3.01. The summed E-state index contributed by atoms with van der Waals surface area (Å²) in [4.78, 5) is 12.2. The van der Waals surface area contributed by atoms with Crippen LogP contribution in [-0.4, -0.2) is 25.3 Å². The number of likely N-dealkylation sites (N-methyl/N-ethyl adjacent to an activating group) is 1. The average molecular weight is 180 g/mol. The molecule has 0 unspecified atom stereocenters. The van der Waals surface area contributed by atoms with Crippen molar-refractivity contribution < 1.29 is 9.18 Å². The summed E-state index contributed by atoms with van der Waals surface area (Å²) < 4.78 is 13.2. The fraction of sp³-hybridized carbons (Fsp3) is 0.300. The third-order valence-electron chi connectivity index (χ3n) is 1.83. The average Bonchev–Trinajstić information content (AvgIpc) is 2.09. The molecule has 1 aromatic rings. The summed E-state index contributed by atoms with van der Waals surface area (Å²) in [7, 11) is 3.42. The van der Waals surface area contributed by atoms with E-state index in [1.807, 2.05) is 0 Å². The molecule has 0 N–H and O–H groups in total. The predicted octanol–water partition coefficient (Wildman–Crippen LogP) is 1.54. The van der Waals surface area contributed by atoms with E-state index in [0.29, 0.717) is 5.56 Å². The molecule has 0 aliphatic heterocycles. The van der Waals surface area contributed by atoms with Gasteiger partial charge in [-0.3, -0.25) is 9.69 Å². The van der Waals surface area contributed by atoms with Crippen molar-refractivity contribution in [3.63, 3.8) is 0 Å². The highest BCUT2D eigenvalue weighted by Crippen LogP contribution is 2.18. The van der Waals surface area contributed by atoms with Crippen molar-refractivity contribution in [3.05, 3.63) is 35.6 Å². The van der Waals surface area contributed by atoms with Crippen LogP contribution in [0.5, 0.6) is 0 Å². The third kappa shape index (κ3) is 2.12. The van der Waals surface area contributed by atoms with Gasteiger partial charge in [0.2, 0.25) is 6.29 Å². The summed E-state index contributed by atoms with van der Waals surface area (Å²) in [6, 6.07) is 5.60. The highest BCUT2D eigenvalue weighted by molar-refractivity contribution is 5.62. The van der Waals surface area contributed by atoms with E-state index in [4.69, 9.17) is 0 Å². The van der Waals surface area contributed by atoms with Gasteiger partial charge in [-0.15, -0.1) is 0 Å². The minimum Gasteiger partial charge on any atom is -0.296 e. The van der Waals surface area contributed by atoms with Crippen LogP contribution in [0, 0.1) is 5.82 Å². The molecule has 0 saturated heterocycles. The van der Waals surface area contributed by atoms with E-state index in [0.717, 1.165) is 0 Å². The smallest absolute Gasteiger partial charge is 0.222 e. The van der Waals surface area contributed by atoms with E-state index < -0.39 is 6.04 Å². The minimum absolute atomic E-state index is 0.363. The number of benzene rings is 1. The van der Waals surface area contributed by atoms with Crippen LogP contribution < -0.4 is 0 Å². The molecule has 1 rings (SSSR count). The van der Waals surface area contributed by atoms with Gasteiger partial charge >= 0.3 is 0 Å². The monoisotopic (exact) mass is 180 g/mol. The Balaban J connectivity index is 3.04. The molecule has 0 aliphatic rings. The second-order valence-corrected chi connectivity index (χ2v) is 3.01. The van der Waals surface area contributed by atoms with Gasteiger partial charge < -0.3 is 0 Å². The maximum absolute atomic E-state index is 13.2. The quantitative estimate of drug-likeness (QED) is 0.703. The molecule has 0 fully saturated rings. The van der Waals surface area contributed by atoms with Crippen molar-refractivity contribution in [3.8, 4) is 0 Å². The maximum atomic E-state index is 13.2. The molecular formula is C10H11FNO. The lowest BCUT2D eigenvalue weighted by Gasteiger charge is -2.18. The lowest BCUT2D eigenvalue weighted by molar-refractivity contribution is 0.347. The Morgan fingerprint density at radius 2 is 2.00 bits per heavy atom. The van der Waals surface area contributed by atoms with Crippen LogP contribution in [-0.2, 0) is 4.79 Å². The first-order valence-electron chi connectivity index (χ1n) is 3.95. The van der Waals surface area contributed by atoms with Gasteiger partial charge in [-0.1, -0.05) is 18.2 Å². The molecule has 69 valence electrons. The van der Waals surface area contributed by atoms with Crippen LogP contribution in [0.25, 0.3) is 0 Å². The zero-order chi connectivity index (χ0) is 9.84. The minimum atomic E-state index is -0.624. The van der Waals surface area contributed by atoms with Crippen molar-refractivity contribution in [2.75, 3.05) is 14.1 Å². The molecule has 0 aliphatic carbocycles.